The number of piperidine rings is 1. The Morgan fingerprint density at radius 1 is 1.10 bits per heavy atom. The van der Waals surface area contributed by atoms with Crippen LogP contribution in [0.1, 0.15) is 50.2 Å². The average Bonchev–Trinajstić information content (AvgIpc) is 2.74. The number of nitrogens with zero attached hydrogens (tertiary/aromatic N) is 3. The Kier molecular flexibility index (Phi) is 6.71. The number of carbonyl (C=O) groups excluding carboxylic acids is 2. The summed E-state index contributed by atoms with van der Waals surface area (Å²) < 4.78 is 40.1. The fraction of sp³-hybridized carbons (Fsp3) is 0.500. The molecule has 1 aromatic rings. The van der Waals surface area contributed by atoms with E-state index >= 15 is 0 Å². The predicted molar refractivity (Wildman–Crippen MR) is 111 cm³/mol. The number of rotatable bonds is 3. The van der Waals surface area contributed by atoms with Crippen molar-refractivity contribution in [3.8, 4) is 0 Å². The molecule has 31 heavy (non-hydrogen) atoms. The van der Waals surface area contributed by atoms with Crippen LogP contribution in [0.4, 0.5) is 13.2 Å². The summed E-state index contributed by atoms with van der Waals surface area (Å²) in [6.45, 7) is 4.94. The van der Waals surface area contributed by atoms with E-state index in [4.69, 9.17) is 5.84 Å². The molecule has 0 atom stereocenters. The molecule has 0 unspecified atom stereocenters. The molecular formula is C22H27F3N4O2. The lowest BCUT2D eigenvalue weighted by Gasteiger charge is -2.34. The Labute approximate surface area is 179 Å². The summed E-state index contributed by atoms with van der Waals surface area (Å²) in [4.78, 5) is 28.0. The average molecular weight is 436 g/mol. The van der Waals surface area contributed by atoms with E-state index in [1.807, 2.05) is 6.92 Å². The molecule has 1 saturated heterocycles. The number of hydrogen-bond acceptors (Lipinski definition) is 4. The van der Waals surface area contributed by atoms with Gasteiger partial charge in [0, 0.05) is 33.1 Å². The van der Waals surface area contributed by atoms with E-state index in [1.54, 1.807) is 15.9 Å². The number of benzene rings is 1. The van der Waals surface area contributed by atoms with Crippen molar-refractivity contribution in [3.63, 3.8) is 0 Å². The van der Waals surface area contributed by atoms with Crippen LogP contribution >= 0.6 is 0 Å². The maximum absolute atomic E-state index is 13.4. The number of hydrazone groups is 1. The lowest BCUT2D eigenvalue weighted by molar-refractivity contribution is -0.138. The number of hydrogen-bond donors (Lipinski definition) is 1. The van der Waals surface area contributed by atoms with Crippen LogP contribution in [-0.2, 0) is 15.8 Å². The first-order valence-corrected chi connectivity index (χ1v) is 10.3. The molecule has 0 saturated carbocycles. The minimum absolute atomic E-state index is 0.0304. The van der Waals surface area contributed by atoms with E-state index in [0.29, 0.717) is 45.4 Å². The molecule has 0 aromatic heterocycles. The van der Waals surface area contributed by atoms with E-state index in [2.05, 4.69) is 5.10 Å². The Morgan fingerprint density at radius 2 is 1.74 bits per heavy atom. The summed E-state index contributed by atoms with van der Waals surface area (Å²) in [6.07, 6.45) is -3.04. The predicted octanol–water partition coefficient (Wildman–Crippen LogP) is 3.29. The number of carbonyl (C=O) groups is 2. The number of alkyl halides is 3. The van der Waals surface area contributed by atoms with Crippen LogP contribution in [0.25, 0.3) is 0 Å². The first kappa shape index (κ1) is 22.8. The molecule has 0 bridgehead atoms. The van der Waals surface area contributed by atoms with Crippen molar-refractivity contribution in [2.75, 3.05) is 26.2 Å². The molecule has 0 spiro atoms. The second-order valence-electron chi connectivity index (χ2n) is 8.08. The van der Waals surface area contributed by atoms with E-state index in [9.17, 15) is 22.8 Å². The lowest BCUT2D eigenvalue weighted by Crippen LogP contribution is -2.44. The van der Waals surface area contributed by atoms with Gasteiger partial charge in [0.15, 0.2) is 5.71 Å². The Bertz CT molecular complexity index is 916. The monoisotopic (exact) mass is 436 g/mol. The van der Waals surface area contributed by atoms with Gasteiger partial charge in [0.05, 0.1) is 5.56 Å². The van der Waals surface area contributed by atoms with E-state index < -0.39 is 11.7 Å². The molecule has 2 aliphatic heterocycles. The van der Waals surface area contributed by atoms with Crippen molar-refractivity contribution < 1.29 is 22.8 Å². The van der Waals surface area contributed by atoms with Crippen LogP contribution in [0, 0.1) is 0 Å². The fourth-order valence-electron chi connectivity index (χ4n) is 4.43. The molecule has 0 radical (unpaired) electrons. The third kappa shape index (κ3) is 4.91. The summed E-state index contributed by atoms with van der Waals surface area (Å²) in [7, 11) is 0. The number of likely N-dealkylation sites (tertiary alicyclic amines) is 1. The standard InChI is InChI=1S/C22H27F3N4O2/c1-14-13-29(15(2)30)12-9-17(14)20(27-26)21(31)28-10-7-16(8-11-28)18-5-3-4-6-19(18)22(23,24)25/h3-6,16H,7-13,26H2,1-2H3/b27-20+. The Balaban J connectivity index is 1.71. The van der Waals surface area contributed by atoms with Gasteiger partial charge in [0.1, 0.15) is 0 Å². The third-order valence-electron chi connectivity index (χ3n) is 6.13. The smallest absolute Gasteiger partial charge is 0.339 e. The Morgan fingerprint density at radius 3 is 2.29 bits per heavy atom. The van der Waals surface area contributed by atoms with Crippen molar-refractivity contribution >= 4 is 17.5 Å². The van der Waals surface area contributed by atoms with Crippen LogP contribution in [-0.4, -0.2) is 53.5 Å². The summed E-state index contributed by atoms with van der Waals surface area (Å²) in [6, 6.07) is 5.63. The molecule has 0 aliphatic carbocycles. The van der Waals surface area contributed by atoms with E-state index in [1.165, 1.54) is 19.1 Å². The second kappa shape index (κ2) is 9.11. The summed E-state index contributed by atoms with van der Waals surface area (Å²) in [5.41, 5.74) is 1.46. The molecule has 6 nitrogen and oxygen atoms in total. The van der Waals surface area contributed by atoms with Crippen LogP contribution in [0.15, 0.2) is 40.5 Å². The fourth-order valence-corrected chi connectivity index (χ4v) is 4.43. The highest BCUT2D eigenvalue weighted by atomic mass is 19.4. The molecule has 2 heterocycles. The van der Waals surface area contributed by atoms with Gasteiger partial charge in [-0.1, -0.05) is 18.2 Å². The summed E-state index contributed by atoms with van der Waals surface area (Å²) in [5.74, 6) is 4.95. The van der Waals surface area contributed by atoms with Crippen molar-refractivity contribution in [2.24, 2.45) is 10.9 Å². The molecule has 2 amide bonds. The molecule has 1 fully saturated rings. The molecule has 2 N–H and O–H groups in total. The second-order valence-corrected chi connectivity index (χ2v) is 8.08. The van der Waals surface area contributed by atoms with Crippen molar-refractivity contribution in [1.29, 1.82) is 0 Å². The van der Waals surface area contributed by atoms with Gasteiger partial charge in [0.2, 0.25) is 5.91 Å². The highest BCUT2D eigenvalue weighted by Crippen LogP contribution is 2.38. The zero-order chi connectivity index (χ0) is 22.8. The largest absolute Gasteiger partial charge is 0.416 e. The molecule has 1 aromatic carbocycles. The first-order chi connectivity index (χ1) is 14.6. The molecular weight excluding hydrogens is 409 g/mol. The quantitative estimate of drug-likeness (QED) is 0.449. The summed E-state index contributed by atoms with van der Waals surface area (Å²) >= 11 is 0. The van der Waals surface area contributed by atoms with Crippen molar-refractivity contribution in [2.45, 2.75) is 45.2 Å². The zero-order valence-electron chi connectivity index (χ0n) is 17.7. The molecule has 168 valence electrons. The van der Waals surface area contributed by atoms with Crippen LogP contribution in [0.5, 0.6) is 0 Å². The number of halogens is 3. The van der Waals surface area contributed by atoms with Crippen molar-refractivity contribution in [1.82, 2.24) is 9.80 Å². The lowest BCUT2D eigenvalue weighted by atomic mass is 9.86. The van der Waals surface area contributed by atoms with Gasteiger partial charge in [-0.05, 0) is 54.9 Å². The van der Waals surface area contributed by atoms with Gasteiger partial charge in [0.25, 0.3) is 5.91 Å². The molecule has 3 rings (SSSR count). The molecule has 2 aliphatic rings. The zero-order valence-corrected chi connectivity index (χ0v) is 17.7. The van der Waals surface area contributed by atoms with Gasteiger partial charge in [-0.15, -0.1) is 0 Å². The summed E-state index contributed by atoms with van der Waals surface area (Å²) in [5, 5.41) is 3.75. The highest BCUT2D eigenvalue weighted by Gasteiger charge is 2.37. The van der Waals surface area contributed by atoms with Gasteiger partial charge < -0.3 is 15.6 Å². The van der Waals surface area contributed by atoms with Gasteiger partial charge in [-0.3, -0.25) is 9.59 Å². The van der Waals surface area contributed by atoms with E-state index in [0.717, 1.165) is 17.2 Å². The van der Waals surface area contributed by atoms with Crippen LogP contribution in [0.2, 0.25) is 0 Å². The maximum Gasteiger partial charge on any atom is 0.416 e. The van der Waals surface area contributed by atoms with Crippen LogP contribution < -0.4 is 5.84 Å². The first-order valence-electron chi connectivity index (χ1n) is 10.3. The molecule has 9 heteroatoms. The maximum atomic E-state index is 13.4. The van der Waals surface area contributed by atoms with Gasteiger partial charge in [-0.25, -0.2) is 0 Å². The van der Waals surface area contributed by atoms with Crippen molar-refractivity contribution in [3.05, 3.63) is 46.5 Å². The normalized spacial score (nSPS) is 19.1. The Hall–Kier alpha value is -2.84. The minimum atomic E-state index is -4.40. The number of nitrogens with two attached hydrogens (primary N) is 1. The van der Waals surface area contributed by atoms with Gasteiger partial charge in [-0.2, -0.15) is 18.3 Å². The highest BCUT2D eigenvalue weighted by molar-refractivity contribution is 6.45. The van der Waals surface area contributed by atoms with E-state index in [-0.39, 0.29) is 29.0 Å². The topological polar surface area (TPSA) is 79.0 Å². The minimum Gasteiger partial charge on any atom is -0.339 e. The number of amides is 2. The third-order valence-corrected chi connectivity index (χ3v) is 6.13. The SMILES string of the molecule is CC(=O)N1CCC(/C(=N\N)C(=O)N2CCC(c3ccccc3C(F)(F)F)CC2)=C(C)C1. The van der Waals surface area contributed by atoms with Crippen LogP contribution in [0.3, 0.4) is 0 Å². The van der Waals surface area contributed by atoms with Gasteiger partial charge >= 0.3 is 6.18 Å².